The van der Waals surface area contributed by atoms with Crippen LogP contribution in [0.1, 0.15) is 12.5 Å². The standard InChI is InChI=1S/C15H19N5O/c1-4-11-6-5-7-12(8-11)18-15(21)19-13-9-16-14(17-10-13)20(2)3/h5-10H,4H2,1-3H3,(H2,18,19,21). The lowest BCUT2D eigenvalue weighted by molar-refractivity contribution is 0.262. The number of urea groups is 1. The van der Waals surface area contributed by atoms with Crippen LogP contribution in [0, 0.1) is 0 Å². The Morgan fingerprint density at radius 1 is 1.14 bits per heavy atom. The number of nitrogens with one attached hydrogen (secondary N) is 2. The molecule has 2 amide bonds. The average Bonchev–Trinajstić information content (AvgIpc) is 2.47. The van der Waals surface area contributed by atoms with E-state index in [9.17, 15) is 4.79 Å². The van der Waals surface area contributed by atoms with Gasteiger partial charge >= 0.3 is 6.03 Å². The largest absolute Gasteiger partial charge is 0.347 e. The van der Waals surface area contributed by atoms with E-state index in [1.54, 1.807) is 17.3 Å². The van der Waals surface area contributed by atoms with E-state index >= 15 is 0 Å². The number of hydrogen-bond acceptors (Lipinski definition) is 4. The second-order valence-electron chi connectivity index (χ2n) is 4.80. The third-order valence-electron chi connectivity index (χ3n) is 2.89. The summed E-state index contributed by atoms with van der Waals surface area (Å²) in [6.07, 6.45) is 4.08. The number of rotatable bonds is 4. The monoisotopic (exact) mass is 285 g/mol. The summed E-state index contributed by atoms with van der Waals surface area (Å²) >= 11 is 0. The topological polar surface area (TPSA) is 70.2 Å². The number of benzene rings is 1. The molecule has 0 bridgehead atoms. The minimum atomic E-state index is -0.315. The van der Waals surface area contributed by atoms with Gasteiger partial charge in [0.1, 0.15) is 0 Å². The van der Waals surface area contributed by atoms with E-state index in [0.717, 1.165) is 12.1 Å². The minimum absolute atomic E-state index is 0.315. The minimum Gasteiger partial charge on any atom is -0.347 e. The van der Waals surface area contributed by atoms with Gasteiger partial charge < -0.3 is 15.5 Å². The Hall–Kier alpha value is -2.63. The van der Waals surface area contributed by atoms with Crippen LogP contribution in [0.5, 0.6) is 0 Å². The fourth-order valence-electron chi connectivity index (χ4n) is 1.78. The van der Waals surface area contributed by atoms with E-state index < -0.39 is 0 Å². The Balaban J connectivity index is 1.97. The van der Waals surface area contributed by atoms with Crippen molar-refractivity contribution in [3.63, 3.8) is 0 Å². The second-order valence-corrected chi connectivity index (χ2v) is 4.80. The van der Waals surface area contributed by atoms with E-state index in [4.69, 9.17) is 0 Å². The summed E-state index contributed by atoms with van der Waals surface area (Å²) in [5, 5.41) is 5.49. The Morgan fingerprint density at radius 3 is 2.43 bits per heavy atom. The zero-order valence-electron chi connectivity index (χ0n) is 12.4. The third kappa shape index (κ3) is 4.17. The second kappa shape index (κ2) is 6.69. The molecule has 0 aliphatic heterocycles. The van der Waals surface area contributed by atoms with Crippen LogP contribution in [0.3, 0.4) is 0 Å². The predicted octanol–water partition coefficient (Wildman–Crippen LogP) is 2.75. The van der Waals surface area contributed by atoms with Crippen LogP contribution in [-0.2, 0) is 6.42 Å². The van der Waals surface area contributed by atoms with E-state index in [0.29, 0.717) is 11.6 Å². The summed E-state index contributed by atoms with van der Waals surface area (Å²) in [4.78, 5) is 22.0. The number of amides is 2. The highest BCUT2D eigenvalue weighted by atomic mass is 16.2. The molecule has 0 atom stereocenters. The molecule has 6 nitrogen and oxygen atoms in total. The molecule has 2 rings (SSSR count). The Morgan fingerprint density at radius 2 is 1.81 bits per heavy atom. The first-order valence-corrected chi connectivity index (χ1v) is 6.75. The Labute approximate surface area is 124 Å². The number of nitrogens with zero attached hydrogens (tertiary/aromatic N) is 3. The van der Waals surface area contributed by atoms with Gasteiger partial charge in [0.25, 0.3) is 0 Å². The summed E-state index contributed by atoms with van der Waals surface area (Å²) in [6.45, 7) is 2.07. The SMILES string of the molecule is CCc1cccc(NC(=O)Nc2cnc(N(C)C)nc2)c1. The normalized spacial score (nSPS) is 10.0. The van der Waals surface area contributed by atoms with Crippen LogP contribution < -0.4 is 15.5 Å². The summed E-state index contributed by atoms with van der Waals surface area (Å²) in [5.74, 6) is 0.594. The molecule has 1 aromatic heterocycles. The van der Waals surface area contributed by atoms with Gasteiger partial charge in [0.2, 0.25) is 5.95 Å². The predicted molar refractivity (Wildman–Crippen MR) is 84.8 cm³/mol. The molecule has 0 saturated carbocycles. The fraction of sp³-hybridized carbons (Fsp3) is 0.267. The van der Waals surface area contributed by atoms with Gasteiger partial charge in [-0.15, -0.1) is 0 Å². The first-order valence-electron chi connectivity index (χ1n) is 6.75. The molecule has 0 fully saturated rings. The van der Waals surface area contributed by atoms with E-state index in [1.807, 2.05) is 38.4 Å². The molecule has 1 heterocycles. The number of aromatic nitrogens is 2. The number of carbonyl (C=O) groups is 1. The molecule has 2 N–H and O–H groups in total. The molecule has 1 aromatic carbocycles. The van der Waals surface area contributed by atoms with Crippen LogP contribution in [0.2, 0.25) is 0 Å². The summed E-state index contributed by atoms with van der Waals surface area (Å²) in [5.41, 5.74) is 2.48. The van der Waals surface area contributed by atoms with Crippen LogP contribution in [-0.4, -0.2) is 30.1 Å². The molecule has 0 saturated heterocycles. The number of hydrogen-bond donors (Lipinski definition) is 2. The molecule has 0 aliphatic carbocycles. The lowest BCUT2D eigenvalue weighted by Gasteiger charge is -2.11. The van der Waals surface area contributed by atoms with Crippen molar-refractivity contribution in [3.8, 4) is 0 Å². The van der Waals surface area contributed by atoms with Gasteiger partial charge in [-0.3, -0.25) is 0 Å². The molecule has 21 heavy (non-hydrogen) atoms. The maximum atomic E-state index is 11.9. The quantitative estimate of drug-likeness (QED) is 0.906. The molecular weight excluding hydrogens is 266 g/mol. The molecule has 0 unspecified atom stereocenters. The van der Waals surface area contributed by atoms with Crippen molar-refractivity contribution >= 4 is 23.4 Å². The van der Waals surface area contributed by atoms with E-state index in [1.165, 1.54) is 5.56 Å². The molecule has 110 valence electrons. The smallest absolute Gasteiger partial charge is 0.323 e. The highest BCUT2D eigenvalue weighted by Crippen LogP contribution is 2.12. The van der Waals surface area contributed by atoms with Crippen molar-refractivity contribution in [1.29, 1.82) is 0 Å². The van der Waals surface area contributed by atoms with Gasteiger partial charge in [-0.1, -0.05) is 19.1 Å². The van der Waals surface area contributed by atoms with Gasteiger partial charge in [0.05, 0.1) is 18.1 Å². The maximum Gasteiger partial charge on any atom is 0.323 e. The van der Waals surface area contributed by atoms with Crippen molar-refractivity contribution < 1.29 is 4.79 Å². The molecule has 6 heteroatoms. The van der Waals surface area contributed by atoms with Crippen LogP contribution in [0.25, 0.3) is 0 Å². The van der Waals surface area contributed by atoms with Crippen LogP contribution >= 0.6 is 0 Å². The third-order valence-corrected chi connectivity index (χ3v) is 2.89. The lowest BCUT2D eigenvalue weighted by Crippen LogP contribution is -2.20. The first-order chi connectivity index (χ1) is 10.1. The van der Waals surface area contributed by atoms with Gasteiger partial charge in [-0.2, -0.15) is 0 Å². The molecule has 0 aliphatic rings. The summed E-state index contributed by atoms with van der Waals surface area (Å²) < 4.78 is 0. The number of anilines is 3. The Bertz CT molecular complexity index is 610. The molecule has 2 aromatic rings. The van der Waals surface area contributed by atoms with E-state index in [-0.39, 0.29) is 6.03 Å². The summed E-state index contributed by atoms with van der Waals surface area (Å²) in [6, 6.07) is 7.43. The zero-order chi connectivity index (χ0) is 15.2. The van der Waals surface area contributed by atoms with Gasteiger partial charge in [-0.05, 0) is 24.1 Å². The molecule has 0 radical (unpaired) electrons. The number of carbonyl (C=O) groups excluding carboxylic acids is 1. The van der Waals surface area contributed by atoms with Crippen molar-refractivity contribution in [2.45, 2.75) is 13.3 Å². The Kier molecular flexibility index (Phi) is 4.71. The van der Waals surface area contributed by atoms with Crippen molar-refractivity contribution in [1.82, 2.24) is 9.97 Å². The summed E-state index contributed by atoms with van der Waals surface area (Å²) in [7, 11) is 3.71. The van der Waals surface area contributed by atoms with Crippen molar-refractivity contribution in [2.24, 2.45) is 0 Å². The average molecular weight is 285 g/mol. The molecular formula is C15H19N5O. The number of aryl methyl sites for hydroxylation is 1. The first kappa shape index (κ1) is 14.8. The van der Waals surface area contributed by atoms with Gasteiger partial charge in [0.15, 0.2) is 0 Å². The van der Waals surface area contributed by atoms with Gasteiger partial charge in [-0.25, -0.2) is 14.8 Å². The van der Waals surface area contributed by atoms with Crippen LogP contribution in [0.4, 0.5) is 22.1 Å². The highest BCUT2D eigenvalue weighted by Gasteiger charge is 2.05. The van der Waals surface area contributed by atoms with E-state index in [2.05, 4.69) is 27.5 Å². The maximum absolute atomic E-state index is 11.9. The highest BCUT2D eigenvalue weighted by molar-refractivity contribution is 5.99. The fourth-order valence-corrected chi connectivity index (χ4v) is 1.78. The van der Waals surface area contributed by atoms with Crippen molar-refractivity contribution in [3.05, 3.63) is 42.2 Å². The van der Waals surface area contributed by atoms with Gasteiger partial charge in [0, 0.05) is 19.8 Å². The van der Waals surface area contributed by atoms with Crippen LogP contribution in [0.15, 0.2) is 36.7 Å². The zero-order valence-corrected chi connectivity index (χ0v) is 12.4. The van der Waals surface area contributed by atoms with Crippen molar-refractivity contribution in [2.75, 3.05) is 29.6 Å². The molecule has 0 spiro atoms. The lowest BCUT2D eigenvalue weighted by atomic mass is 10.1.